The second kappa shape index (κ2) is 9.79. The van der Waals surface area contributed by atoms with E-state index in [-0.39, 0.29) is 41.7 Å². The quantitative estimate of drug-likeness (QED) is 0.640. The van der Waals surface area contributed by atoms with Crippen molar-refractivity contribution in [3.63, 3.8) is 0 Å². The average molecular weight is 443 g/mol. The third-order valence-corrected chi connectivity index (χ3v) is 6.14. The molecule has 0 aliphatic carbocycles. The van der Waals surface area contributed by atoms with Crippen LogP contribution in [0.4, 0.5) is 10.2 Å². The molecule has 2 aliphatic heterocycles. The van der Waals surface area contributed by atoms with E-state index in [4.69, 9.17) is 0 Å². The van der Waals surface area contributed by atoms with Crippen molar-refractivity contribution in [1.29, 1.82) is 0 Å². The van der Waals surface area contributed by atoms with Gasteiger partial charge in [-0.2, -0.15) is 5.10 Å². The number of nitrogens with one attached hydrogen (secondary N) is 3. The van der Waals surface area contributed by atoms with E-state index in [2.05, 4.69) is 21.3 Å². The summed E-state index contributed by atoms with van der Waals surface area (Å²) in [6.07, 6.45) is 4.19. The number of halogens is 1. The van der Waals surface area contributed by atoms with Gasteiger partial charge in [0.2, 0.25) is 11.8 Å². The SMILES string of the molecule is CC(C)CC(=O)Nc1ccnn1C1CCN(C(=O)C2CC(c3ccccc3F)NN2)CC1. The van der Waals surface area contributed by atoms with Gasteiger partial charge in [-0.25, -0.2) is 19.9 Å². The summed E-state index contributed by atoms with van der Waals surface area (Å²) < 4.78 is 15.9. The molecule has 2 fully saturated rings. The summed E-state index contributed by atoms with van der Waals surface area (Å²) in [5.41, 5.74) is 6.67. The van der Waals surface area contributed by atoms with Gasteiger partial charge in [-0.15, -0.1) is 0 Å². The van der Waals surface area contributed by atoms with Crippen LogP contribution in [0.15, 0.2) is 36.5 Å². The number of aromatic nitrogens is 2. The molecule has 1 aromatic carbocycles. The number of hydrogen-bond donors (Lipinski definition) is 3. The molecule has 8 nitrogen and oxygen atoms in total. The van der Waals surface area contributed by atoms with Crippen molar-refractivity contribution in [3.05, 3.63) is 47.9 Å². The molecule has 0 bridgehead atoms. The fourth-order valence-electron chi connectivity index (χ4n) is 4.50. The summed E-state index contributed by atoms with van der Waals surface area (Å²) in [7, 11) is 0. The summed E-state index contributed by atoms with van der Waals surface area (Å²) in [5.74, 6) is 0.739. The molecular weight excluding hydrogens is 411 g/mol. The van der Waals surface area contributed by atoms with E-state index >= 15 is 0 Å². The molecule has 2 saturated heterocycles. The summed E-state index contributed by atoms with van der Waals surface area (Å²) in [6.45, 7) is 5.25. The summed E-state index contributed by atoms with van der Waals surface area (Å²) in [5, 5.41) is 7.37. The first-order chi connectivity index (χ1) is 15.4. The molecule has 0 spiro atoms. The van der Waals surface area contributed by atoms with Gasteiger partial charge >= 0.3 is 0 Å². The topological polar surface area (TPSA) is 91.3 Å². The Labute approximate surface area is 187 Å². The number of carbonyl (C=O) groups is 2. The summed E-state index contributed by atoms with van der Waals surface area (Å²) in [6, 6.07) is 7.97. The molecule has 9 heteroatoms. The third-order valence-electron chi connectivity index (χ3n) is 6.14. The molecule has 2 aromatic rings. The molecule has 0 radical (unpaired) electrons. The number of hydrazine groups is 1. The Morgan fingerprint density at radius 1 is 1.19 bits per heavy atom. The summed E-state index contributed by atoms with van der Waals surface area (Å²) in [4.78, 5) is 27.0. The van der Waals surface area contributed by atoms with Gasteiger partial charge in [0.05, 0.1) is 18.3 Å². The first kappa shape index (κ1) is 22.4. The molecule has 2 atom stereocenters. The van der Waals surface area contributed by atoms with E-state index in [9.17, 15) is 14.0 Å². The van der Waals surface area contributed by atoms with Gasteiger partial charge < -0.3 is 10.2 Å². The smallest absolute Gasteiger partial charge is 0.241 e. The predicted molar refractivity (Wildman–Crippen MR) is 119 cm³/mol. The van der Waals surface area contributed by atoms with Gasteiger partial charge in [-0.05, 0) is 31.2 Å². The van der Waals surface area contributed by atoms with Crippen molar-refractivity contribution in [2.24, 2.45) is 5.92 Å². The number of likely N-dealkylation sites (tertiary alicyclic amines) is 1. The molecule has 0 saturated carbocycles. The maximum absolute atomic E-state index is 14.1. The van der Waals surface area contributed by atoms with Gasteiger partial charge in [-0.3, -0.25) is 9.59 Å². The maximum atomic E-state index is 14.1. The van der Waals surface area contributed by atoms with Gasteiger partial charge in [-0.1, -0.05) is 32.0 Å². The van der Waals surface area contributed by atoms with E-state index in [1.165, 1.54) is 6.07 Å². The lowest BCUT2D eigenvalue weighted by atomic mass is 9.99. The minimum atomic E-state index is -0.383. The Morgan fingerprint density at radius 3 is 2.66 bits per heavy atom. The fourth-order valence-corrected chi connectivity index (χ4v) is 4.50. The van der Waals surface area contributed by atoms with Crippen molar-refractivity contribution in [2.75, 3.05) is 18.4 Å². The van der Waals surface area contributed by atoms with E-state index in [1.807, 2.05) is 29.5 Å². The largest absolute Gasteiger partial charge is 0.341 e. The number of hydrogen-bond acceptors (Lipinski definition) is 5. The van der Waals surface area contributed by atoms with E-state index in [0.717, 1.165) is 12.8 Å². The zero-order valence-electron chi connectivity index (χ0n) is 18.6. The zero-order valence-corrected chi connectivity index (χ0v) is 18.6. The maximum Gasteiger partial charge on any atom is 0.241 e. The van der Waals surface area contributed by atoms with Gasteiger partial charge in [0.15, 0.2) is 0 Å². The average Bonchev–Trinajstić information content (AvgIpc) is 3.43. The Hall–Kier alpha value is -2.78. The Balaban J connectivity index is 1.31. The van der Waals surface area contributed by atoms with Crippen LogP contribution >= 0.6 is 0 Å². The first-order valence-corrected chi connectivity index (χ1v) is 11.3. The summed E-state index contributed by atoms with van der Waals surface area (Å²) >= 11 is 0. The lowest BCUT2D eigenvalue weighted by Gasteiger charge is -2.34. The number of piperidine rings is 1. The fraction of sp³-hybridized carbons (Fsp3) is 0.522. The number of amides is 2. The van der Waals surface area contributed by atoms with Crippen LogP contribution in [-0.2, 0) is 9.59 Å². The van der Waals surface area contributed by atoms with Crippen LogP contribution in [0.1, 0.15) is 57.2 Å². The highest BCUT2D eigenvalue weighted by Crippen LogP contribution is 2.28. The van der Waals surface area contributed by atoms with Gasteiger partial charge in [0.25, 0.3) is 0 Å². The minimum Gasteiger partial charge on any atom is -0.341 e. The molecule has 2 amide bonds. The van der Waals surface area contributed by atoms with Crippen LogP contribution in [0.2, 0.25) is 0 Å². The normalized spacial score (nSPS) is 21.8. The predicted octanol–water partition coefficient (Wildman–Crippen LogP) is 2.78. The lowest BCUT2D eigenvalue weighted by molar-refractivity contribution is -0.134. The molecule has 1 aromatic heterocycles. The minimum absolute atomic E-state index is 0.0152. The second-order valence-corrected chi connectivity index (χ2v) is 9.01. The molecule has 3 N–H and O–H groups in total. The van der Waals surface area contributed by atoms with Crippen LogP contribution in [-0.4, -0.2) is 45.6 Å². The van der Waals surface area contributed by atoms with Crippen LogP contribution < -0.4 is 16.2 Å². The number of anilines is 1. The van der Waals surface area contributed by atoms with Crippen molar-refractivity contribution < 1.29 is 14.0 Å². The molecule has 4 rings (SSSR count). The Morgan fingerprint density at radius 2 is 1.94 bits per heavy atom. The number of rotatable bonds is 6. The van der Waals surface area contributed by atoms with Crippen molar-refractivity contribution in [3.8, 4) is 0 Å². The molecule has 2 unspecified atom stereocenters. The van der Waals surface area contributed by atoms with Crippen molar-refractivity contribution in [2.45, 2.75) is 57.7 Å². The van der Waals surface area contributed by atoms with Crippen LogP contribution in [0.3, 0.4) is 0 Å². The Bertz CT molecular complexity index is 953. The molecule has 3 heterocycles. The molecule has 2 aliphatic rings. The van der Waals surface area contributed by atoms with Crippen LogP contribution in [0, 0.1) is 11.7 Å². The second-order valence-electron chi connectivity index (χ2n) is 9.01. The highest BCUT2D eigenvalue weighted by Gasteiger charge is 2.35. The highest BCUT2D eigenvalue weighted by molar-refractivity contribution is 5.90. The first-order valence-electron chi connectivity index (χ1n) is 11.3. The van der Waals surface area contributed by atoms with E-state index in [1.54, 1.807) is 24.4 Å². The zero-order chi connectivity index (χ0) is 22.7. The molecule has 172 valence electrons. The standard InChI is InChI=1S/C23H31FN6O2/c1-15(2)13-22(31)26-21-7-10-25-30(21)16-8-11-29(12-9-16)23(32)20-14-19(27-28-20)17-5-3-4-6-18(17)24/h3-7,10,15-16,19-20,27-28H,8-9,11-14H2,1-2H3,(H,26,31). The number of benzene rings is 1. The van der Waals surface area contributed by atoms with Crippen LogP contribution in [0.5, 0.6) is 0 Å². The van der Waals surface area contributed by atoms with Crippen molar-refractivity contribution in [1.82, 2.24) is 25.5 Å². The van der Waals surface area contributed by atoms with Gasteiger partial charge in [0.1, 0.15) is 17.7 Å². The molecule has 32 heavy (non-hydrogen) atoms. The van der Waals surface area contributed by atoms with Gasteiger partial charge in [0, 0.05) is 31.1 Å². The number of carbonyl (C=O) groups excluding carboxylic acids is 2. The lowest BCUT2D eigenvalue weighted by Crippen LogP contribution is -2.48. The Kier molecular flexibility index (Phi) is 6.86. The molecular formula is C23H31FN6O2. The monoisotopic (exact) mass is 442 g/mol. The van der Waals surface area contributed by atoms with E-state index < -0.39 is 0 Å². The number of nitrogens with zero attached hydrogens (tertiary/aromatic N) is 3. The van der Waals surface area contributed by atoms with E-state index in [0.29, 0.717) is 37.3 Å². The van der Waals surface area contributed by atoms with Crippen molar-refractivity contribution >= 4 is 17.6 Å². The van der Waals surface area contributed by atoms with Crippen LogP contribution in [0.25, 0.3) is 0 Å². The third kappa shape index (κ3) is 4.99. The highest BCUT2D eigenvalue weighted by atomic mass is 19.1.